The first-order valence-corrected chi connectivity index (χ1v) is 10.4. The monoisotopic (exact) mass is 390 g/mol. The van der Waals surface area contributed by atoms with Crippen molar-refractivity contribution in [3.8, 4) is 5.75 Å². The summed E-state index contributed by atoms with van der Waals surface area (Å²) in [5.41, 5.74) is 2.14. The number of hydrogen-bond acceptors (Lipinski definition) is 4. The molecule has 146 valence electrons. The first-order chi connectivity index (χ1) is 12.7. The lowest BCUT2D eigenvalue weighted by atomic mass is 10.2. The van der Waals surface area contributed by atoms with Crippen LogP contribution >= 0.6 is 0 Å². The summed E-state index contributed by atoms with van der Waals surface area (Å²) in [4.78, 5) is 12.3. The van der Waals surface area contributed by atoms with Gasteiger partial charge in [0.15, 0.2) is 0 Å². The second kappa shape index (κ2) is 8.90. The summed E-state index contributed by atoms with van der Waals surface area (Å²) < 4.78 is 30.7. The van der Waals surface area contributed by atoms with Gasteiger partial charge in [-0.05, 0) is 57.2 Å². The van der Waals surface area contributed by atoms with E-state index in [1.54, 1.807) is 31.2 Å². The number of nitrogens with one attached hydrogen (secondary N) is 1. The van der Waals surface area contributed by atoms with Crippen LogP contribution in [0.3, 0.4) is 0 Å². The number of sulfonamides is 1. The Bertz CT molecular complexity index is 862. The van der Waals surface area contributed by atoms with Crippen LogP contribution in [0.25, 0.3) is 0 Å². The molecule has 0 aromatic heterocycles. The van der Waals surface area contributed by atoms with E-state index >= 15 is 0 Å². The van der Waals surface area contributed by atoms with Crippen molar-refractivity contribution in [1.82, 2.24) is 5.32 Å². The fraction of sp³-hybridized carbons (Fsp3) is 0.350. The van der Waals surface area contributed by atoms with Crippen molar-refractivity contribution in [2.24, 2.45) is 0 Å². The molecule has 0 saturated heterocycles. The second-order valence-electron chi connectivity index (χ2n) is 6.41. The fourth-order valence-electron chi connectivity index (χ4n) is 2.38. The molecule has 7 heteroatoms. The van der Waals surface area contributed by atoms with Crippen LogP contribution in [0.1, 0.15) is 29.8 Å². The van der Waals surface area contributed by atoms with Gasteiger partial charge < -0.3 is 10.1 Å². The van der Waals surface area contributed by atoms with Crippen LogP contribution in [0, 0.1) is 6.92 Å². The lowest BCUT2D eigenvalue weighted by Crippen LogP contribution is -2.36. The molecule has 0 radical (unpaired) electrons. The average Bonchev–Trinajstić information content (AvgIpc) is 2.67. The zero-order valence-electron chi connectivity index (χ0n) is 16.1. The molecule has 1 unspecified atom stereocenters. The molecule has 1 amide bonds. The van der Waals surface area contributed by atoms with E-state index in [2.05, 4.69) is 5.32 Å². The first-order valence-electron chi connectivity index (χ1n) is 8.80. The van der Waals surface area contributed by atoms with Crippen molar-refractivity contribution in [2.75, 3.05) is 23.7 Å². The Kier molecular flexibility index (Phi) is 6.85. The van der Waals surface area contributed by atoms with Gasteiger partial charge in [-0.25, -0.2) is 8.42 Å². The summed E-state index contributed by atoms with van der Waals surface area (Å²) >= 11 is 0. The van der Waals surface area contributed by atoms with Crippen LogP contribution in [0.2, 0.25) is 0 Å². The van der Waals surface area contributed by atoms with E-state index in [-0.39, 0.29) is 17.7 Å². The number of nitrogens with zero attached hydrogens (tertiary/aromatic N) is 1. The molecule has 6 nitrogen and oxygen atoms in total. The Morgan fingerprint density at radius 3 is 2.26 bits per heavy atom. The molecule has 0 spiro atoms. The lowest BCUT2D eigenvalue weighted by molar-refractivity contribution is 0.0926. The van der Waals surface area contributed by atoms with E-state index in [9.17, 15) is 13.2 Å². The van der Waals surface area contributed by atoms with Crippen molar-refractivity contribution in [3.05, 3.63) is 59.7 Å². The van der Waals surface area contributed by atoms with E-state index in [1.165, 1.54) is 11.4 Å². The van der Waals surface area contributed by atoms with Crippen molar-refractivity contribution in [1.29, 1.82) is 0 Å². The molecule has 0 fully saturated rings. The topological polar surface area (TPSA) is 75.7 Å². The van der Waals surface area contributed by atoms with Crippen molar-refractivity contribution >= 4 is 21.6 Å². The highest BCUT2D eigenvalue weighted by molar-refractivity contribution is 7.92. The van der Waals surface area contributed by atoms with Crippen LogP contribution in [-0.4, -0.2) is 39.8 Å². The Labute approximate surface area is 161 Å². The molecule has 27 heavy (non-hydrogen) atoms. The number of amides is 1. The normalized spacial score (nSPS) is 12.3. The molecule has 0 aliphatic carbocycles. The Morgan fingerprint density at radius 1 is 1.11 bits per heavy atom. The van der Waals surface area contributed by atoms with Gasteiger partial charge in [-0.2, -0.15) is 0 Å². The summed E-state index contributed by atoms with van der Waals surface area (Å²) in [5.74, 6) is 0.540. The number of ether oxygens (including phenoxy) is 1. The Hall–Kier alpha value is -2.54. The molecule has 2 rings (SSSR count). The van der Waals surface area contributed by atoms with Gasteiger partial charge in [0, 0.05) is 12.6 Å². The predicted molar refractivity (Wildman–Crippen MR) is 108 cm³/mol. The van der Waals surface area contributed by atoms with Crippen molar-refractivity contribution in [3.63, 3.8) is 0 Å². The SMILES string of the molecule is CCS(=O)(=O)N(C)c1ccc(C(=O)NC(C)COc2ccc(C)cc2)cc1. The molecular formula is C20H26N2O4S. The summed E-state index contributed by atoms with van der Waals surface area (Å²) in [6.45, 7) is 5.81. The minimum Gasteiger partial charge on any atom is -0.491 e. The molecular weight excluding hydrogens is 364 g/mol. The van der Waals surface area contributed by atoms with Crippen molar-refractivity contribution < 1.29 is 17.9 Å². The smallest absolute Gasteiger partial charge is 0.251 e. The maximum atomic E-state index is 12.3. The summed E-state index contributed by atoms with van der Waals surface area (Å²) in [7, 11) is -1.83. The number of anilines is 1. The minimum absolute atomic E-state index is 0.0181. The van der Waals surface area contributed by atoms with Gasteiger partial charge in [-0.3, -0.25) is 9.10 Å². The lowest BCUT2D eigenvalue weighted by Gasteiger charge is -2.19. The van der Waals surface area contributed by atoms with Gasteiger partial charge in [0.25, 0.3) is 5.91 Å². The molecule has 1 N–H and O–H groups in total. The molecule has 0 bridgehead atoms. The van der Waals surface area contributed by atoms with Crippen LogP contribution in [0.4, 0.5) is 5.69 Å². The van der Waals surface area contributed by atoms with Crippen LogP contribution in [-0.2, 0) is 10.0 Å². The third-order valence-corrected chi connectivity index (χ3v) is 5.95. The summed E-state index contributed by atoms with van der Waals surface area (Å²) in [5, 5.41) is 2.87. The van der Waals surface area contributed by atoms with E-state index in [1.807, 2.05) is 38.1 Å². The van der Waals surface area contributed by atoms with E-state index < -0.39 is 10.0 Å². The van der Waals surface area contributed by atoms with Crippen LogP contribution < -0.4 is 14.4 Å². The number of hydrogen-bond donors (Lipinski definition) is 1. The Morgan fingerprint density at radius 2 is 1.70 bits per heavy atom. The van der Waals surface area contributed by atoms with Crippen LogP contribution in [0.15, 0.2) is 48.5 Å². The average molecular weight is 391 g/mol. The van der Waals surface area contributed by atoms with Gasteiger partial charge in [0.05, 0.1) is 17.5 Å². The first kappa shape index (κ1) is 20.8. The highest BCUT2D eigenvalue weighted by Crippen LogP contribution is 2.17. The molecule has 0 aliphatic heterocycles. The van der Waals surface area contributed by atoms with E-state index in [4.69, 9.17) is 4.74 Å². The number of carbonyl (C=O) groups excluding carboxylic acids is 1. The van der Waals surface area contributed by atoms with Gasteiger partial charge in [-0.15, -0.1) is 0 Å². The molecule has 2 aromatic rings. The zero-order chi connectivity index (χ0) is 20.0. The number of rotatable bonds is 8. The van der Waals surface area contributed by atoms with Gasteiger partial charge in [0.2, 0.25) is 10.0 Å². The summed E-state index contributed by atoms with van der Waals surface area (Å²) in [6, 6.07) is 14.0. The summed E-state index contributed by atoms with van der Waals surface area (Å²) in [6.07, 6.45) is 0. The van der Waals surface area contributed by atoms with Crippen molar-refractivity contribution in [2.45, 2.75) is 26.8 Å². The molecule has 2 aromatic carbocycles. The van der Waals surface area contributed by atoms with E-state index in [0.29, 0.717) is 17.9 Å². The maximum absolute atomic E-state index is 12.3. The molecule has 0 saturated carbocycles. The van der Waals surface area contributed by atoms with E-state index in [0.717, 1.165) is 11.3 Å². The standard InChI is InChI=1S/C20H26N2O4S/c1-5-27(24,25)22(4)18-10-8-17(9-11-18)20(23)21-16(3)14-26-19-12-6-15(2)7-13-19/h6-13,16H,5,14H2,1-4H3,(H,21,23). The maximum Gasteiger partial charge on any atom is 0.251 e. The fourth-order valence-corrected chi connectivity index (χ4v) is 3.21. The Balaban J connectivity index is 1.92. The number of aryl methyl sites for hydroxylation is 1. The molecule has 0 aliphatic rings. The van der Waals surface area contributed by atoms with Gasteiger partial charge in [0.1, 0.15) is 12.4 Å². The van der Waals surface area contributed by atoms with Gasteiger partial charge in [-0.1, -0.05) is 17.7 Å². The zero-order valence-corrected chi connectivity index (χ0v) is 16.9. The van der Waals surface area contributed by atoms with Gasteiger partial charge >= 0.3 is 0 Å². The minimum atomic E-state index is -3.32. The third kappa shape index (κ3) is 5.72. The number of benzene rings is 2. The molecule has 1 atom stereocenters. The highest BCUT2D eigenvalue weighted by Gasteiger charge is 2.16. The highest BCUT2D eigenvalue weighted by atomic mass is 32.2. The van der Waals surface area contributed by atoms with Crippen LogP contribution in [0.5, 0.6) is 5.75 Å². The predicted octanol–water partition coefficient (Wildman–Crippen LogP) is 2.98. The quantitative estimate of drug-likeness (QED) is 0.752. The number of carbonyl (C=O) groups is 1. The molecule has 0 heterocycles. The largest absolute Gasteiger partial charge is 0.491 e. The second-order valence-corrected chi connectivity index (χ2v) is 8.70. The third-order valence-electron chi connectivity index (χ3n) is 4.17.